The van der Waals surface area contributed by atoms with Gasteiger partial charge in [0.15, 0.2) is 0 Å². The van der Waals surface area contributed by atoms with Crippen LogP contribution in [0.25, 0.3) is 0 Å². The lowest BCUT2D eigenvalue weighted by Gasteiger charge is -2.38. The van der Waals surface area contributed by atoms with Crippen molar-refractivity contribution >= 4 is 15.9 Å². The minimum Gasteiger partial charge on any atom is -0.496 e. The Balaban J connectivity index is 1.78. The molecule has 3 rings (SSSR count). The van der Waals surface area contributed by atoms with E-state index in [2.05, 4.69) is 39.0 Å². The third-order valence-corrected chi connectivity index (χ3v) is 5.22. The van der Waals surface area contributed by atoms with Crippen LogP contribution in [-0.2, 0) is 6.54 Å². The SMILES string of the molecule is COc1ccc(Br)cc1CN1CCCC2CCCC21. The molecule has 1 aromatic carbocycles. The van der Waals surface area contributed by atoms with Gasteiger partial charge in [-0.1, -0.05) is 22.4 Å². The van der Waals surface area contributed by atoms with Crippen LogP contribution >= 0.6 is 15.9 Å². The number of halogens is 1. The summed E-state index contributed by atoms with van der Waals surface area (Å²) in [5, 5.41) is 0. The van der Waals surface area contributed by atoms with Crippen LogP contribution in [0.3, 0.4) is 0 Å². The van der Waals surface area contributed by atoms with Crippen LogP contribution in [0.5, 0.6) is 5.75 Å². The molecule has 1 aliphatic carbocycles. The highest BCUT2D eigenvalue weighted by Crippen LogP contribution is 2.38. The van der Waals surface area contributed by atoms with Gasteiger partial charge >= 0.3 is 0 Å². The molecule has 1 saturated carbocycles. The smallest absolute Gasteiger partial charge is 0.123 e. The summed E-state index contributed by atoms with van der Waals surface area (Å²) >= 11 is 3.57. The maximum atomic E-state index is 5.51. The molecule has 3 heteroatoms. The Morgan fingerprint density at radius 3 is 2.95 bits per heavy atom. The average molecular weight is 324 g/mol. The Hall–Kier alpha value is -0.540. The van der Waals surface area contributed by atoms with Gasteiger partial charge in [-0.2, -0.15) is 0 Å². The molecule has 2 nitrogen and oxygen atoms in total. The number of methoxy groups -OCH3 is 1. The Bertz CT molecular complexity index is 448. The van der Waals surface area contributed by atoms with Crippen LogP contribution in [0.4, 0.5) is 0 Å². The first kappa shape index (κ1) is 13.4. The first-order chi connectivity index (χ1) is 9.28. The fourth-order valence-electron chi connectivity index (χ4n) is 3.84. The standard InChI is InChI=1S/C16H22BrNO/c1-19-16-8-7-14(17)10-13(16)11-18-9-3-5-12-4-2-6-15(12)18/h7-8,10,12,15H,2-6,9,11H2,1H3. The van der Waals surface area contributed by atoms with E-state index in [9.17, 15) is 0 Å². The molecule has 0 aromatic heterocycles. The zero-order valence-electron chi connectivity index (χ0n) is 11.6. The molecule has 0 bridgehead atoms. The summed E-state index contributed by atoms with van der Waals surface area (Å²) in [4.78, 5) is 2.69. The Kier molecular flexibility index (Phi) is 4.13. The third kappa shape index (κ3) is 2.82. The lowest BCUT2D eigenvalue weighted by Crippen LogP contribution is -2.41. The van der Waals surface area contributed by atoms with Gasteiger partial charge in [0.1, 0.15) is 5.75 Å². The summed E-state index contributed by atoms with van der Waals surface area (Å²) in [6, 6.07) is 7.14. The summed E-state index contributed by atoms with van der Waals surface area (Å²) in [7, 11) is 1.77. The number of ether oxygens (including phenoxy) is 1. The number of hydrogen-bond acceptors (Lipinski definition) is 2. The maximum absolute atomic E-state index is 5.51. The highest BCUT2D eigenvalue weighted by Gasteiger charge is 2.34. The predicted octanol–water partition coefficient (Wildman–Crippen LogP) is 4.22. The van der Waals surface area contributed by atoms with E-state index >= 15 is 0 Å². The molecule has 104 valence electrons. The minimum atomic E-state index is 0.817. The molecule has 1 aromatic rings. The van der Waals surface area contributed by atoms with Crippen molar-refractivity contribution < 1.29 is 4.74 Å². The topological polar surface area (TPSA) is 12.5 Å². The van der Waals surface area contributed by atoms with E-state index in [1.807, 2.05) is 0 Å². The summed E-state index contributed by atoms with van der Waals surface area (Å²) in [5.41, 5.74) is 1.31. The van der Waals surface area contributed by atoms with E-state index in [0.29, 0.717) is 0 Å². The molecule has 1 saturated heterocycles. The zero-order chi connectivity index (χ0) is 13.2. The number of fused-ring (bicyclic) bond motifs is 1. The van der Waals surface area contributed by atoms with Crippen LogP contribution in [0.15, 0.2) is 22.7 Å². The number of nitrogens with zero attached hydrogens (tertiary/aromatic N) is 1. The Labute approximate surface area is 124 Å². The average Bonchev–Trinajstić information content (AvgIpc) is 2.88. The van der Waals surface area contributed by atoms with Gasteiger partial charge in [0.2, 0.25) is 0 Å². The molecule has 19 heavy (non-hydrogen) atoms. The molecular formula is C16H22BrNO. The highest BCUT2D eigenvalue weighted by molar-refractivity contribution is 9.10. The van der Waals surface area contributed by atoms with E-state index in [-0.39, 0.29) is 0 Å². The lowest BCUT2D eigenvalue weighted by atomic mass is 9.91. The van der Waals surface area contributed by atoms with E-state index in [1.165, 1.54) is 44.2 Å². The molecular weight excluding hydrogens is 302 g/mol. The van der Waals surface area contributed by atoms with Gasteiger partial charge in [-0.15, -0.1) is 0 Å². The largest absolute Gasteiger partial charge is 0.496 e. The van der Waals surface area contributed by atoms with E-state index < -0.39 is 0 Å². The molecule has 0 N–H and O–H groups in total. The van der Waals surface area contributed by atoms with E-state index in [4.69, 9.17) is 4.74 Å². The third-order valence-electron chi connectivity index (χ3n) is 4.72. The molecule has 1 heterocycles. The number of likely N-dealkylation sites (tertiary alicyclic amines) is 1. The molecule has 1 aliphatic heterocycles. The number of benzene rings is 1. The number of hydrogen-bond donors (Lipinski definition) is 0. The van der Waals surface area contributed by atoms with Crippen molar-refractivity contribution in [1.82, 2.24) is 4.90 Å². The van der Waals surface area contributed by atoms with Crippen LogP contribution in [0.1, 0.15) is 37.7 Å². The van der Waals surface area contributed by atoms with Crippen molar-refractivity contribution in [2.45, 2.75) is 44.7 Å². The van der Waals surface area contributed by atoms with E-state index in [0.717, 1.165) is 28.7 Å². The van der Waals surface area contributed by atoms with Gasteiger partial charge in [-0.3, -0.25) is 4.90 Å². The van der Waals surface area contributed by atoms with Crippen molar-refractivity contribution in [2.24, 2.45) is 5.92 Å². The molecule has 0 amide bonds. The van der Waals surface area contributed by atoms with Crippen molar-refractivity contribution in [2.75, 3.05) is 13.7 Å². The molecule has 0 spiro atoms. The zero-order valence-corrected chi connectivity index (χ0v) is 13.2. The van der Waals surface area contributed by atoms with Gasteiger partial charge in [0.05, 0.1) is 7.11 Å². The number of rotatable bonds is 3. The summed E-state index contributed by atoms with van der Waals surface area (Å²) in [6.45, 7) is 2.28. The fraction of sp³-hybridized carbons (Fsp3) is 0.625. The Morgan fingerprint density at radius 2 is 2.11 bits per heavy atom. The van der Waals surface area contributed by atoms with Crippen molar-refractivity contribution in [3.8, 4) is 5.75 Å². The van der Waals surface area contributed by atoms with Gasteiger partial charge in [-0.05, 0) is 56.3 Å². The van der Waals surface area contributed by atoms with Gasteiger partial charge in [-0.25, -0.2) is 0 Å². The second-order valence-corrected chi connectivity index (χ2v) is 6.74. The summed E-state index contributed by atoms with van der Waals surface area (Å²) in [5.74, 6) is 1.97. The van der Waals surface area contributed by atoms with Gasteiger partial charge in [0, 0.05) is 22.6 Å². The summed E-state index contributed by atoms with van der Waals surface area (Å²) in [6.07, 6.45) is 7.05. The second kappa shape index (κ2) is 5.84. The second-order valence-electron chi connectivity index (χ2n) is 5.83. The quantitative estimate of drug-likeness (QED) is 0.825. The summed E-state index contributed by atoms with van der Waals surface area (Å²) < 4.78 is 6.65. The van der Waals surface area contributed by atoms with Crippen molar-refractivity contribution in [1.29, 1.82) is 0 Å². The van der Waals surface area contributed by atoms with Crippen LogP contribution in [-0.4, -0.2) is 24.6 Å². The molecule has 0 radical (unpaired) electrons. The molecule has 2 unspecified atom stereocenters. The molecule has 2 atom stereocenters. The maximum Gasteiger partial charge on any atom is 0.123 e. The van der Waals surface area contributed by atoms with Crippen molar-refractivity contribution in [3.63, 3.8) is 0 Å². The Morgan fingerprint density at radius 1 is 1.26 bits per heavy atom. The number of piperidine rings is 1. The van der Waals surface area contributed by atoms with Crippen LogP contribution in [0.2, 0.25) is 0 Å². The molecule has 2 aliphatic rings. The lowest BCUT2D eigenvalue weighted by molar-refractivity contribution is 0.105. The fourth-order valence-corrected chi connectivity index (χ4v) is 4.25. The highest BCUT2D eigenvalue weighted by atomic mass is 79.9. The first-order valence-corrected chi connectivity index (χ1v) is 8.13. The van der Waals surface area contributed by atoms with Crippen LogP contribution < -0.4 is 4.74 Å². The van der Waals surface area contributed by atoms with Gasteiger partial charge in [0.25, 0.3) is 0 Å². The van der Waals surface area contributed by atoms with Crippen molar-refractivity contribution in [3.05, 3.63) is 28.2 Å². The monoisotopic (exact) mass is 323 g/mol. The minimum absolute atomic E-state index is 0.817. The van der Waals surface area contributed by atoms with Gasteiger partial charge < -0.3 is 4.74 Å². The van der Waals surface area contributed by atoms with Crippen LogP contribution in [0, 0.1) is 5.92 Å². The normalized spacial score (nSPS) is 27.3. The first-order valence-electron chi connectivity index (χ1n) is 7.34. The molecule has 2 fully saturated rings. The van der Waals surface area contributed by atoms with E-state index in [1.54, 1.807) is 7.11 Å². The predicted molar refractivity (Wildman–Crippen MR) is 81.5 cm³/mol.